The van der Waals surface area contributed by atoms with Gasteiger partial charge in [-0.1, -0.05) is 24.3 Å². The van der Waals surface area contributed by atoms with E-state index in [4.69, 9.17) is 4.74 Å². The Morgan fingerprint density at radius 2 is 1.63 bits per heavy atom. The standard InChI is InChI=1S/C25H18F3N3O4/c1-35-17-6-7-18-15(8-17)11-31(22(18)32)12-25(23(33)29-24(34)30-25)16-4-2-13(3-5-16)14-9-19(26)21(28)20(27)10-14/h2-10H,11-12H2,1H3,(H2,29,30,33,34). The Bertz CT molecular complexity index is 1370. The number of nitrogens with zero attached hydrogens (tertiary/aromatic N) is 1. The monoisotopic (exact) mass is 481 g/mol. The predicted molar refractivity (Wildman–Crippen MR) is 118 cm³/mol. The Labute approximate surface area is 197 Å². The number of halogens is 3. The number of ether oxygens (including phenoxy) is 1. The molecule has 2 aliphatic rings. The van der Waals surface area contributed by atoms with Gasteiger partial charge < -0.3 is 15.0 Å². The molecular weight excluding hydrogens is 463 g/mol. The number of hydrogen-bond acceptors (Lipinski definition) is 4. The fourth-order valence-corrected chi connectivity index (χ4v) is 4.47. The highest BCUT2D eigenvalue weighted by molar-refractivity contribution is 6.08. The van der Waals surface area contributed by atoms with Crippen LogP contribution in [0.25, 0.3) is 11.1 Å². The lowest BCUT2D eigenvalue weighted by molar-refractivity contribution is -0.124. The van der Waals surface area contributed by atoms with Crippen molar-refractivity contribution in [2.45, 2.75) is 12.1 Å². The highest BCUT2D eigenvalue weighted by Crippen LogP contribution is 2.33. The highest BCUT2D eigenvalue weighted by Gasteiger charge is 2.50. The van der Waals surface area contributed by atoms with Gasteiger partial charge in [0.05, 0.1) is 13.7 Å². The lowest BCUT2D eigenvalue weighted by atomic mass is 9.88. The number of imide groups is 1. The second kappa shape index (κ2) is 8.15. The Balaban J connectivity index is 1.48. The Morgan fingerprint density at radius 1 is 0.943 bits per heavy atom. The van der Waals surface area contributed by atoms with E-state index in [-0.39, 0.29) is 24.6 Å². The van der Waals surface area contributed by atoms with Gasteiger partial charge in [-0.3, -0.25) is 14.9 Å². The average Bonchev–Trinajstić information content (AvgIpc) is 3.31. The molecule has 0 radical (unpaired) electrons. The minimum absolute atomic E-state index is 0.0982. The van der Waals surface area contributed by atoms with E-state index in [0.29, 0.717) is 22.4 Å². The molecule has 3 aromatic carbocycles. The number of methoxy groups -OCH3 is 1. The van der Waals surface area contributed by atoms with Crippen LogP contribution in [-0.2, 0) is 16.9 Å². The van der Waals surface area contributed by atoms with Gasteiger partial charge in [0, 0.05) is 12.1 Å². The number of amides is 4. The molecule has 1 fully saturated rings. The van der Waals surface area contributed by atoms with Crippen LogP contribution in [0.3, 0.4) is 0 Å². The third kappa shape index (κ3) is 3.67. The molecule has 7 nitrogen and oxygen atoms in total. The molecule has 1 unspecified atom stereocenters. The molecule has 1 atom stereocenters. The molecule has 0 aliphatic carbocycles. The van der Waals surface area contributed by atoms with E-state index < -0.39 is 34.9 Å². The van der Waals surface area contributed by atoms with Crippen molar-refractivity contribution in [3.63, 3.8) is 0 Å². The van der Waals surface area contributed by atoms with Crippen LogP contribution in [0, 0.1) is 17.5 Å². The zero-order valence-electron chi connectivity index (χ0n) is 18.3. The van der Waals surface area contributed by atoms with Gasteiger partial charge in [0.25, 0.3) is 11.8 Å². The average molecular weight is 481 g/mol. The van der Waals surface area contributed by atoms with Crippen LogP contribution in [0.5, 0.6) is 5.75 Å². The second-order valence-electron chi connectivity index (χ2n) is 8.33. The third-order valence-corrected chi connectivity index (χ3v) is 6.26. The van der Waals surface area contributed by atoms with Gasteiger partial charge in [0.2, 0.25) is 0 Å². The van der Waals surface area contributed by atoms with Crippen LogP contribution in [0.2, 0.25) is 0 Å². The number of rotatable bonds is 5. The van der Waals surface area contributed by atoms with Crippen molar-refractivity contribution in [1.82, 2.24) is 15.5 Å². The van der Waals surface area contributed by atoms with E-state index in [1.165, 1.54) is 36.3 Å². The first kappa shape index (κ1) is 22.5. The molecule has 0 bridgehead atoms. The molecule has 2 heterocycles. The van der Waals surface area contributed by atoms with Crippen molar-refractivity contribution in [2.24, 2.45) is 0 Å². The first-order valence-corrected chi connectivity index (χ1v) is 10.6. The van der Waals surface area contributed by atoms with Gasteiger partial charge in [-0.15, -0.1) is 0 Å². The summed E-state index contributed by atoms with van der Waals surface area (Å²) in [5.41, 5.74) is 0.431. The molecule has 35 heavy (non-hydrogen) atoms. The van der Waals surface area contributed by atoms with E-state index >= 15 is 0 Å². The SMILES string of the molecule is COc1ccc2c(c1)CN(CC1(c3ccc(-c4cc(F)c(F)c(F)c4)cc3)NC(=O)NC1=O)C2=O. The van der Waals surface area contributed by atoms with Crippen molar-refractivity contribution in [3.8, 4) is 16.9 Å². The number of carbonyl (C=O) groups excluding carboxylic acids is 3. The van der Waals surface area contributed by atoms with Gasteiger partial charge >= 0.3 is 6.03 Å². The Morgan fingerprint density at radius 3 is 2.23 bits per heavy atom. The molecule has 0 saturated carbocycles. The highest BCUT2D eigenvalue weighted by atomic mass is 19.2. The maximum absolute atomic E-state index is 13.7. The van der Waals surface area contributed by atoms with Crippen LogP contribution in [0.15, 0.2) is 54.6 Å². The lowest BCUT2D eigenvalue weighted by Crippen LogP contribution is -2.52. The van der Waals surface area contributed by atoms with E-state index in [1.807, 2.05) is 0 Å². The van der Waals surface area contributed by atoms with E-state index in [0.717, 1.165) is 17.7 Å². The first-order chi connectivity index (χ1) is 16.7. The number of fused-ring (bicyclic) bond motifs is 1. The van der Waals surface area contributed by atoms with Crippen molar-refractivity contribution >= 4 is 17.8 Å². The number of carbonyl (C=O) groups is 3. The smallest absolute Gasteiger partial charge is 0.322 e. The molecule has 4 amide bonds. The number of hydrogen-bond donors (Lipinski definition) is 2. The molecule has 0 aromatic heterocycles. The molecule has 2 N–H and O–H groups in total. The summed E-state index contributed by atoms with van der Waals surface area (Å²) in [4.78, 5) is 39.5. The van der Waals surface area contributed by atoms with Crippen LogP contribution < -0.4 is 15.4 Å². The van der Waals surface area contributed by atoms with E-state index in [1.54, 1.807) is 18.2 Å². The maximum Gasteiger partial charge on any atom is 0.322 e. The van der Waals surface area contributed by atoms with Crippen molar-refractivity contribution in [1.29, 1.82) is 0 Å². The van der Waals surface area contributed by atoms with Crippen LogP contribution in [-0.4, -0.2) is 36.4 Å². The number of urea groups is 1. The molecule has 0 spiro atoms. The number of nitrogens with one attached hydrogen (secondary N) is 2. The summed E-state index contributed by atoms with van der Waals surface area (Å²) >= 11 is 0. The molecule has 10 heteroatoms. The summed E-state index contributed by atoms with van der Waals surface area (Å²) in [7, 11) is 1.52. The molecular formula is C25H18F3N3O4. The summed E-state index contributed by atoms with van der Waals surface area (Å²) in [6.07, 6.45) is 0. The summed E-state index contributed by atoms with van der Waals surface area (Å²) in [5.74, 6) is -4.58. The number of benzene rings is 3. The van der Waals surface area contributed by atoms with Crippen LogP contribution >= 0.6 is 0 Å². The van der Waals surface area contributed by atoms with Crippen LogP contribution in [0.4, 0.5) is 18.0 Å². The van der Waals surface area contributed by atoms with Crippen molar-refractivity contribution < 1.29 is 32.3 Å². The molecule has 3 aromatic rings. The summed E-state index contributed by atoms with van der Waals surface area (Å²) in [6, 6.07) is 12.1. The van der Waals surface area contributed by atoms with Crippen LogP contribution in [0.1, 0.15) is 21.5 Å². The summed E-state index contributed by atoms with van der Waals surface area (Å²) < 4.78 is 45.9. The Hall–Kier alpha value is -4.34. The minimum atomic E-state index is -1.59. The molecule has 2 aliphatic heterocycles. The zero-order valence-corrected chi connectivity index (χ0v) is 18.3. The minimum Gasteiger partial charge on any atom is -0.497 e. The first-order valence-electron chi connectivity index (χ1n) is 10.6. The van der Waals surface area contributed by atoms with Gasteiger partial charge in [-0.2, -0.15) is 0 Å². The maximum atomic E-state index is 13.7. The predicted octanol–water partition coefficient (Wildman–Crippen LogP) is 3.47. The Kier molecular flexibility index (Phi) is 5.23. The lowest BCUT2D eigenvalue weighted by Gasteiger charge is -2.31. The van der Waals surface area contributed by atoms with Crippen molar-refractivity contribution in [3.05, 3.63) is 88.7 Å². The topological polar surface area (TPSA) is 87.7 Å². The van der Waals surface area contributed by atoms with Gasteiger partial charge in [0.1, 0.15) is 5.75 Å². The van der Waals surface area contributed by atoms with Gasteiger partial charge in [-0.25, -0.2) is 18.0 Å². The fraction of sp³-hybridized carbons (Fsp3) is 0.160. The zero-order chi connectivity index (χ0) is 24.9. The summed E-state index contributed by atoms with van der Waals surface area (Å²) in [5, 5.41) is 4.84. The third-order valence-electron chi connectivity index (χ3n) is 6.26. The second-order valence-corrected chi connectivity index (χ2v) is 8.33. The largest absolute Gasteiger partial charge is 0.497 e. The summed E-state index contributed by atoms with van der Waals surface area (Å²) in [6.45, 7) is 0.0576. The van der Waals surface area contributed by atoms with E-state index in [9.17, 15) is 27.6 Å². The van der Waals surface area contributed by atoms with Gasteiger partial charge in [-0.05, 0) is 52.6 Å². The molecule has 1 saturated heterocycles. The normalized spacial score (nSPS) is 19.0. The van der Waals surface area contributed by atoms with Crippen molar-refractivity contribution in [2.75, 3.05) is 13.7 Å². The molecule has 178 valence electrons. The fourth-order valence-electron chi connectivity index (χ4n) is 4.47. The molecule has 5 rings (SSSR count). The quantitative estimate of drug-likeness (QED) is 0.432. The van der Waals surface area contributed by atoms with E-state index in [2.05, 4.69) is 10.6 Å². The van der Waals surface area contributed by atoms with Gasteiger partial charge in [0.15, 0.2) is 23.0 Å².